The van der Waals surface area contributed by atoms with Gasteiger partial charge >= 0.3 is 5.91 Å². The number of hydrogen-bond donors (Lipinski definition) is 1. The van der Waals surface area contributed by atoms with Crippen molar-refractivity contribution in [2.45, 2.75) is 0 Å². The molecule has 0 saturated heterocycles. The van der Waals surface area contributed by atoms with E-state index in [1.807, 2.05) is 0 Å². The smallest absolute Gasteiger partial charge is 0.307 e. The van der Waals surface area contributed by atoms with Gasteiger partial charge in [-0.15, -0.1) is 0 Å². The van der Waals surface area contributed by atoms with Crippen LogP contribution >= 0.6 is 15.9 Å². The summed E-state index contributed by atoms with van der Waals surface area (Å²) < 4.78 is 16.9. The number of halogens is 1. The SMILES string of the molecule is C=CCOc1c(Br)cc(/C=N/NC(=O)c2cc3cc([N+](=O)[O-])ccc3o2)cc1OC. The van der Waals surface area contributed by atoms with Gasteiger partial charge in [0, 0.05) is 17.5 Å². The van der Waals surface area contributed by atoms with Crippen LogP contribution in [0.4, 0.5) is 5.69 Å². The zero-order chi connectivity index (χ0) is 21.7. The number of non-ortho nitro benzene ring substituents is 1. The summed E-state index contributed by atoms with van der Waals surface area (Å²) >= 11 is 3.41. The Morgan fingerprint density at radius 2 is 2.17 bits per heavy atom. The fraction of sp³-hybridized carbons (Fsp3) is 0.100. The van der Waals surface area contributed by atoms with Crippen LogP contribution in [0.3, 0.4) is 0 Å². The van der Waals surface area contributed by atoms with Gasteiger partial charge in [0.2, 0.25) is 0 Å². The number of ether oxygens (including phenoxy) is 2. The summed E-state index contributed by atoms with van der Waals surface area (Å²) in [5.41, 5.74) is 3.27. The van der Waals surface area contributed by atoms with Crippen LogP contribution in [0.5, 0.6) is 11.5 Å². The molecule has 0 bridgehead atoms. The van der Waals surface area contributed by atoms with Gasteiger partial charge in [-0.05, 0) is 45.8 Å². The number of methoxy groups -OCH3 is 1. The number of rotatable bonds is 8. The Morgan fingerprint density at radius 1 is 1.37 bits per heavy atom. The fourth-order valence-electron chi connectivity index (χ4n) is 2.57. The molecule has 0 aliphatic carbocycles. The predicted molar refractivity (Wildman–Crippen MR) is 114 cm³/mol. The largest absolute Gasteiger partial charge is 0.493 e. The Hall–Kier alpha value is -3.66. The van der Waals surface area contributed by atoms with Crippen molar-refractivity contribution in [3.8, 4) is 11.5 Å². The summed E-state index contributed by atoms with van der Waals surface area (Å²) in [5, 5.41) is 15.2. The Morgan fingerprint density at radius 3 is 2.87 bits per heavy atom. The maximum absolute atomic E-state index is 12.3. The minimum Gasteiger partial charge on any atom is -0.493 e. The molecule has 154 valence electrons. The Labute approximate surface area is 179 Å². The molecule has 0 aliphatic heterocycles. The van der Waals surface area contributed by atoms with E-state index >= 15 is 0 Å². The Kier molecular flexibility index (Phi) is 6.48. The first-order valence-corrected chi connectivity index (χ1v) is 9.35. The molecular formula is C20H16BrN3O6. The molecule has 1 amide bonds. The number of nitro benzene ring substituents is 1. The molecule has 0 saturated carbocycles. The lowest BCUT2D eigenvalue weighted by molar-refractivity contribution is -0.384. The lowest BCUT2D eigenvalue weighted by Gasteiger charge is -2.12. The second kappa shape index (κ2) is 9.23. The third kappa shape index (κ3) is 4.66. The van der Waals surface area contributed by atoms with Crippen molar-refractivity contribution in [3.63, 3.8) is 0 Å². The second-order valence-corrected chi connectivity index (χ2v) is 6.78. The van der Waals surface area contributed by atoms with Crippen molar-refractivity contribution >= 4 is 44.7 Å². The highest BCUT2D eigenvalue weighted by Crippen LogP contribution is 2.36. The highest BCUT2D eigenvalue weighted by atomic mass is 79.9. The number of furan rings is 1. The van der Waals surface area contributed by atoms with Gasteiger partial charge in [0.05, 0.1) is 22.7 Å². The Bertz CT molecular complexity index is 1150. The maximum atomic E-state index is 12.3. The summed E-state index contributed by atoms with van der Waals surface area (Å²) in [4.78, 5) is 22.6. The van der Waals surface area contributed by atoms with E-state index in [4.69, 9.17) is 13.9 Å². The van der Waals surface area contributed by atoms with Crippen molar-refractivity contribution in [2.24, 2.45) is 5.10 Å². The number of hydrazone groups is 1. The van der Waals surface area contributed by atoms with Crippen molar-refractivity contribution in [3.05, 3.63) is 75.0 Å². The lowest BCUT2D eigenvalue weighted by atomic mass is 10.2. The number of carbonyl (C=O) groups excluding carboxylic acids is 1. The number of benzene rings is 2. The first kappa shape index (κ1) is 21.1. The van der Waals surface area contributed by atoms with Crippen molar-refractivity contribution in [1.82, 2.24) is 5.43 Å². The minimum atomic E-state index is -0.595. The molecule has 3 aromatic rings. The van der Waals surface area contributed by atoms with Crippen LogP contribution in [0.15, 0.2) is 63.0 Å². The van der Waals surface area contributed by atoms with Crippen molar-refractivity contribution in [1.29, 1.82) is 0 Å². The quantitative estimate of drug-likeness (QED) is 0.223. The van der Waals surface area contributed by atoms with Gasteiger partial charge in [0.1, 0.15) is 12.2 Å². The molecule has 0 fully saturated rings. The molecule has 1 N–H and O–H groups in total. The van der Waals surface area contributed by atoms with Crippen molar-refractivity contribution in [2.75, 3.05) is 13.7 Å². The van der Waals surface area contributed by atoms with Gasteiger partial charge in [-0.2, -0.15) is 5.10 Å². The molecule has 0 spiro atoms. The summed E-state index contributed by atoms with van der Waals surface area (Å²) in [7, 11) is 1.51. The zero-order valence-corrected chi connectivity index (χ0v) is 17.3. The third-order valence-electron chi connectivity index (χ3n) is 3.91. The van der Waals surface area contributed by atoms with E-state index in [2.05, 4.69) is 33.0 Å². The van der Waals surface area contributed by atoms with Crippen LogP contribution in [0.2, 0.25) is 0 Å². The molecular weight excluding hydrogens is 458 g/mol. The molecule has 1 heterocycles. The predicted octanol–water partition coefficient (Wildman–Crippen LogP) is 4.44. The molecule has 2 aromatic carbocycles. The molecule has 0 aliphatic rings. The van der Waals surface area contributed by atoms with E-state index < -0.39 is 10.8 Å². The van der Waals surface area contributed by atoms with Crippen LogP contribution in [0, 0.1) is 10.1 Å². The average molecular weight is 474 g/mol. The van der Waals surface area contributed by atoms with Crippen LogP contribution < -0.4 is 14.9 Å². The number of hydrogen-bond acceptors (Lipinski definition) is 7. The van der Waals surface area contributed by atoms with Crippen LogP contribution in [-0.4, -0.2) is 30.8 Å². The van der Waals surface area contributed by atoms with Gasteiger partial charge in [0.25, 0.3) is 5.69 Å². The summed E-state index contributed by atoms with van der Waals surface area (Å²) in [6, 6.07) is 8.93. The first-order valence-electron chi connectivity index (χ1n) is 8.55. The van der Waals surface area contributed by atoms with E-state index in [0.717, 1.165) is 0 Å². The van der Waals surface area contributed by atoms with E-state index in [1.54, 1.807) is 18.2 Å². The summed E-state index contributed by atoms with van der Waals surface area (Å²) in [6.07, 6.45) is 3.04. The molecule has 9 nitrogen and oxygen atoms in total. The number of nitrogens with zero attached hydrogens (tertiary/aromatic N) is 2. The average Bonchev–Trinajstić information content (AvgIpc) is 3.16. The summed E-state index contributed by atoms with van der Waals surface area (Å²) in [5.74, 6) is 0.393. The molecule has 1 aromatic heterocycles. The molecule has 0 radical (unpaired) electrons. The van der Waals surface area contributed by atoms with E-state index in [9.17, 15) is 14.9 Å². The standard InChI is InChI=1S/C20H16BrN3O6/c1-3-6-29-19-15(21)7-12(8-17(19)28-2)11-22-23-20(25)18-10-13-9-14(24(26)27)4-5-16(13)30-18/h3-5,7-11H,1,6H2,2H3,(H,23,25)/b22-11+. The lowest BCUT2D eigenvalue weighted by Crippen LogP contribution is -2.16. The second-order valence-electron chi connectivity index (χ2n) is 5.92. The van der Waals surface area contributed by atoms with Crippen LogP contribution in [0.25, 0.3) is 11.0 Å². The van der Waals surface area contributed by atoms with Gasteiger partial charge < -0.3 is 13.9 Å². The van der Waals surface area contributed by atoms with Crippen molar-refractivity contribution < 1.29 is 23.6 Å². The first-order chi connectivity index (χ1) is 14.4. The molecule has 10 heteroatoms. The van der Waals surface area contributed by atoms with Crippen LogP contribution in [0.1, 0.15) is 16.1 Å². The monoisotopic (exact) mass is 473 g/mol. The molecule has 0 unspecified atom stereocenters. The minimum absolute atomic E-state index is 0.0189. The van der Waals surface area contributed by atoms with E-state index in [1.165, 1.54) is 37.6 Å². The third-order valence-corrected chi connectivity index (χ3v) is 4.50. The number of nitrogens with one attached hydrogen (secondary N) is 1. The highest BCUT2D eigenvalue weighted by Gasteiger charge is 2.15. The molecule has 0 atom stereocenters. The van der Waals surface area contributed by atoms with Gasteiger partial charge in [0.15, 0.2) is 17.3 Å². The highest BCUT2D eigenvalue weighted by molar-refractivity contribution is 9.10. The maximum Gasteiger partial charge on any atom is 0.307 e. The zero-order valence-electron chi connectivity index (χ0n) is 15.8. The van der Waals surface area contributed by atoms with E-state index in [-0.39, 0.29) is 11.4 Å². The molecule has 3 rings (SSSR count). The fourth-order valence-corrected chi connectivity index (χ4v) is 3.15. The molecule has 30 heavy (non-hydrogen) atoms. The van der Waals surface area contributed by atoms with Gasteiger partial charge in [-0.25, -0.2) is 5.43 Å². The topological polar surface area (TPSA) is 116 Å². The number of fused-ring (bicyclic) bond motifs is 1. The van der Waals surface area contributed by atoms with Gasteiger partial charge in [-0.3, -0.25) is 14.9 Å². The van der Waals surface area contributed by atoms with Gasteiger partial charge in [-0.1, -0.05) is 12.7 Å². The number of amides is 1. The van der Waals surface area contributed by atoms with E-state index in [0.29, 0.717) is 39.1 Å². The summed E-state index contributed by atoms with van der Waals surface area (Å²) in [6.45, 7) is 3.92. The Balaban J connectivity index is 1.74. The number of nitro groups is 1. The van der Waals surface area contributed by atoms with Crippen LogP contribution in [-0.2, 0) is 0 Å². The normalized spacial score (nSPS) is 10.9. The number of carbonyl (C=O) groups is 1.